The highest BCUT2D eigenvalue weighted by Crippen LogP contribution is 2.29. The molecule has 2 N–H and O–H groups in total. The van der Waals surface area contributed by atoms with Crippen LogP contribution in [0.15, 0.2) is 53.0 Å². The lowest BCUT2D eigenvalue weighted by molar-refractivity contribution is -0.384. The third kappa shape index (κ3) is 5.00. The number of H-pyrrole nitrogens is 1. The van der Waals surface area contributed by atoms with Gasteiger partial charge in [-0.15, -0.1) is 0 Å². The van der Waals surface area contributed by atoms with Crippen LogP contribution < -0.4 is 10.1 Å². The molecule has 0 aliphatic heterocycles. The van der Waals surface area contributed by atoms with Crippen LogP contribution in [0.2, 0.25) is 0 Å². The van der Waals surface area contributed by atoms with E-state index in [4.69, 9.17) is 9.47 Å². The Morgan fingerprint density at radius 3 is 2.60 bits per heavy atom. The van der Waals surface area contributed by atoms with Gasteiger partial charge in [0.05, 0.1) is 29.5 Å². The van der Waals surface area contributed by atoms with Gasteiger partial charge in [0, 0.05) is 16.1 Å². The number of nitro groups is 1. The van der Waals surface area contributed by atoms with Crippen LogP contribution in [0.5, 0.6) is 5.75 Å². The number of ether oxygens (including phenoxy) is 2. The smallest absolute Gasteiger partial charge is 0.356 e. The van der Waals surface area contributed by atoms with E-state index in [0.717, 1.165) is 10.0 Å². The van der Waals surface area contributed by atoms with E-state index in [2.05, 4.69) is 31.4 Å². The molecule has 0 radical (unpaired) electrons. The first-order valence-electron chi connectivity index (χ1n) is 8.48. The number of hydrogen-bond donors (Lipinski definition) is 2. The number of nitrogens with zero attached hydrogens (tertiary/aromatic N) is 2. The molecule has 3 rings (SSSR count). The quantitative estimate of drug-likeness (QED) is 0.303. The fourth-order valence-electron chi connectivity index (χ4n) is 2.49. The SMILES string of the molecule is COc1cc([N+](=O)[O-])ccc1NC(=O)COC(=O)c1cc(-c2ccc(Br)cc2)n[nH]1. The maximum Gasteiger partial charge on any atom is 0.356 e. The van der Waals surface area contributed by atoms with Gasteiger partial charge in [-0.3, -0.25) is 20.0 Å². The van der Waals surface area contributed by atoms with Crippen LogP contribution in [0.1, 0.15) is 10.5 Å². The van der Waals surface area contributed by atoms with Gasteiger partial charge in [0.1, 0.15) is 11.4 Å². The Kier molecular flexibility index (Phi) is 6.42. The summed E-state index contributed by atoms with van der Waals surface area (Å²) in [6.45, 7) is -0.564. The molecule has 10 nitrogen and oxygen atoms in total. The van der Waals surface area contributed by atoms with Gasteiger partial charge in [0.25, 0.3) is 11.6 Å². The average molecular weight is 475 g/mol. The molecule has 1 amide bonds. The molecule has 3 aromatic rings. The molecule has 2 aromatic carbocycles. The fourth-order valence-corrected chi connectivity index (χ4v) is 2.75. The second-order valence-electron chi connectivity index (χ2n) is 5.94. The van der Waals surface area contributed by atoms with Crippen LogP contribution in [0.4, 0.5) is 11.4 Å². The molecular weight excluding hydrogens is 460 g/mol. The molecule has 30 heavy (non-hydrogen) atoms. The molecule has 0 atom stereocenters. The highest BCUT2D eigenvalue weighted by molar-refractivity contribution is 9.10. The molecule has 0 fully saturated rings. The van der Waals surface area contributed by atoms with Gasteiger partial charge >= 0.3 is 5.97 Å². The summed E-state index contributed by atoms with van der Waals surface area (Å²) in [5.74, 6) is -1.28. The number of carbonyl (C=O) groups excluding carboxylic acids is 2. The fraction of sp³-hybridized carbons (Fsp3) is 0.105. The molecule has 0 unspecified atom stereocenters. The number of nitro benzene ring substituents is 1. The predicted molar refractivity (Wildman–Crippen MR) is 110 cm³/mol. The van der Waals surface area contributed by atoms with Crippen molar-refractivity contribution in [2.75, 3.05) is 19.0 Å². The number of anilines is 1. The maximum absolute atomic E-state index is 12.2. The normalized spacial score (nSPS) is 10.3. The highest BCUT2D eigenvalue weighted by atomic mass is 79.9. The average Bonchev–Trinajstić information content (AvgIpc) is 3.23. The molecule has 11 heteroatoms. The van der Waals surface area contributed by atoms with E-state index >= 15 is 0 Å². The van der Waals surface area contributed by atoms with Gasteiger partial charge in [0.15, 0.2) is 6.61 Å². The number of nitrogens with one attached hydrogen (secondary N) is 2. The van der Waals surface area contributed by atoms with Crippen LogP contribution in [-0.4, -0.2) is 40.7 Å². The van der Waals surface area contributed by atoms with E-state index < -0.39 is 23.4 Å². The molecular formula is C19H15BrN4O6. The van der Waals surface area contributed by atoms with Gasteiger partial charge in [0.2, 0.25) is 0 Å². The van der Waals surface area contributed by atoms with Crippen molar-refractivity contribution in [3.8, 4) is 17.0 Å². The third-order valence-electron chi connectivity index (χ3n) is 3.94. The third-order valence-corrected chi connectivity index (χ3v) is 4.47. The summed E-state index contributed by atoms with van der Waals surface area (Å²) in [5.41, 5.74) is 1.47. The van der Waals surface area contributed by atoms with E-state index in [1.807, 2.05) is 24.3 Å². The van der Waals surface area contributed by atoms with Crippen LogP contribution in [-0.2, 0) is 9.53 Å². The Labute approximate surface area is 178 Å². The first kappa shape index (κ1) is 21.0. The summed E-state index contributed by atoms with van der Waals surface area (Å²) in [7, 11) is 1.32. The van der Waals surface area contributed by atoms with Crippen LogP contribution in [0.3, 0.4) is 0 Å². The van der Waals surface area contributed by atoms with Gasteiger partial charge in [-0.05, 0) is 24.3 Å². The number of carbonyl (C=O) groups is 2. The Hall–Kier alpha value is -3.73. The van der Waals surface area contributed by atoms with E-state index in [1.54, 1.807) is 0 Å². The van der Waals surface area contributed by atoms with Crippen molar-refractivity contribution in [1.82, 2.24) is 10.2 Å². The maximum atomic E-state index is 12.2. The molecule has 0 saturated heterocycles. The number of rotatable bonds is 7. The summed E-state index contributed by atoms with van der Waals surface area (Å²) in [6, 6.07) is 12.6. The van der Waals surface area contributed by atoms with E-state index in [9.17, 15) is 19.7 Å². The zero-order valence-corrected chi connectivity index (χ0v) is 17.1. The first-order valence-corrected chi connectivity index (χ1v) is 9.27. The van der Waals surface area contributed by atoms with Crippen molar-refractivity contribution in [2.45, 2.75) is 0 Å². The monoisotopic (exact) mass is 474 g/mol. The van der Waals surface area contributed by atoms with E-state index in [1.165, 1.54) is 31.4 Å². The number of aromatic amines is 1. The molecule has 1 aromatic heterocycles. The molecule has 0 saturated carbocycles. The minimum Gasteiger partial charge on any atom is -0.494 e. The molecule has 154 valence electrons. The van der Waals surface area contributed by atoms with Gasteiger partial charge in [-0.25, -0.2) is 4.79 Å². The number of aromatic nitrogens is 2. The van der Waals surface area contributed by atoms with Crippen molar-refractivity contribution in [3.63, 3.8) is 0 Å². The summed E-state index contributed by atoms with van der Waals surface area (Å²) in [6.07, 6.45) is 0. The van der Waals surface area contributed by atoms with Crippen molar-refractivity contribution in [3.05, 3.63) is 68.8 Å². The number of esters is 1. The second-order valence-corrected chi connectivity index (χ2v) is 6.86. The molecule has 0 spiro atoms. The number of hydrogen-bond acceptors (Lipinski definition) is 7. The Morgan fingerprint density at radius 1 is 1.20 bits per heavy atom. The Bertz CT molecular complexity index is 1100. The van der Waals surface area contributed by atoms with Crippen molar-refractivity contribution in [1.29, 1.82) is 0 Å². The summed E-state index contributed by atoms with van der Waals surface area (Å²) in [4.78, 5) is 34.5. The summed E-state index contributed by atoms with van der Waals surface area (Å²) in [5, 5.41) is 19.9. The summed E-state index contributed by atoms with van der Waals surface area (Å²) >= 11 is 3.34. The highest BCUT2D eigenvalue weighted by Gasteiger charge is 2.17. The lowest BCUT2D eigenvalue weighted by Crippen LogP contribution is -2.21. The number of amides is 1. The Morgan fingerprint density at radius 2 is 1.93 bits per heavy atom. The van der Waals surface area contributed by atoms with Crippen molar-refractivity contribution >= 4 is 39.2 Å². The van der Waals surface area contributed by atoms with Gasteiger partial charge in [-0.2, -0.15) is 5.10 Å². The Balaban J connectivity index is 1.59. The first-order chi connectivity index (χ1) is 14.4. The molecule has 0 aliphatic carbocycles. The second kappa shape index (κ2) is 9.18. The number of halogens is 1. The predicted octanol–water partition coefficient (Wildman–Crippen LogP) is 3.55. The molecule has 0 bridgehead atoms. The van der Waals surface area contributed by atoms with Crippen LogP contribution in [0, 0.1) is 10.1 Å². The standard InChI is InChI=1S/C19H15BrN4O6/c1-29-17-8-13(24(27)28)6-7-14(17)21-18(25)10-30-19(26)16-9-15(22-23-16)11-2-4-12(20)5-3-11/h2-9H,10H2,1H3,(H,21,25)(H,22,23). The zero-order valence-electron chi connectivity index (χ0n) is 15.5. The van der Waals surface area contributed by atoms with Crippen molar-refractivity contribution in [2.24, 2.45) is 0 Å². The van der Waals surface area contributed by atoms with Crippen LogP contribution in [0.25, 0.3) is 11.3 Å². The van der Waals surface area contributed by atoms with E-state index in [-0.39, 0.29) is 22.8 Å². The summed E-state index contributed by atoms with van der Waals surface area (Å²) < 4.78 is 10.9. The van der Waals surface area contributed by atoms with Crippen molar-refractivity contribution < 1.29 is 24.0 Å². The minimum atomic E-state index is -0.753. The van der Waals surface area contributed by atoms with Gasteiger partial charge in [-0.1, -0.05) is 28.1 Å². The molecule has 0 aliphatic rings. The van der Waals surface area contributed by atoms with Gasteiger partial charge < -0.3 is 14.8 Å². The number of benzene rings is 2. The largest absolute Gasteiger partial charge is 0.494 e. The lowest BCUT2D eigenvalue weighted by atomic mass is 10.1. The number of non-ortho nitro benzene ring substituents is 1. The number of methoxy groups -OCH3 is 1. The molecule has 1 heterocycles. The van der Waals surface area contributed by atoms with E-state index in [0.29, 0.717) is 5.69 Å². The topological polar surface area (TPSA) is 136 Å². The lowest BCUT2D eigenvalue weighted by Gasteiger charge is -2.10. The van der Waals surface area contributed by atoms with Crippen LogP contribution >= 0.6 is 15.9 Å². The zero-order chi connectivity index (χ0) is 21.7. The minimum absolute atomic E-state index is 0.0913.